The lowest BCUT2D eigenvalue weighted by Gasteiger charge is -2.28. The van der Waals surface area contributed by atoms with Crippen molar-refractivity contribution in [1.82, 2.24) is 10.2 Å². The minimum Gasteiger partial charge on any atom is -0.480 e. The zero-order valence-electron chi connectivity index (χ0n) is 16.0. The van der Waals surface area contributed by atoms with Crippen molar-refractivity contribution in [3.05, 3.63) is 35.9 Å². The number of carboxylic acids is 1. The highest BCUT2D eigenvalue weighted by atomic mass is 16.4. The number of carbonyl (C=O) groups excluding carboxylic acids is 2. The fourth-order valence-electron chi connectivity index (χ4n) is 3.49. The van der Waals surface area contributed by atoms with E-state index in [0.717, 1.165) is 5.56 Å². The number of hydrogen-bond acceptors (Lipinski definition) is 5. The first-order valence-electron chi connectivity index (χ1n) is 9.77. The van der Waals surface area contributed by atoms with Crippen LogP contribution in [-0.4, -0.2) is 59.0 Å². The highest BCUT2D eigenvalue weighted by Gasteiger charge is 2.37. The number of likely N-dealkylation sites (tertiary alicyclic amines) is 1. The van der Waals surface area contributed by atoms with Crippen LogP contribution in [0.3, 0.4) is 0 Å². The first kappa shape index (κ1) is 21.8. The van der Waals surface area contributed by atoms with E-state index in [1.165, 1.54) is 4.90 Å². The first-order chi connectivity index (χ1) is 13.4. The van der Waals surface area contributed by atoms with E-state index >= 15 is 0 Å². The lowest BCUT2D eigenvalue weighted by molar-refractivity contribution is -0.144. The maximum absolute atomic E-state index is 12.8. The van der Waals surface area contributed by atoms with Crippen molar-refractivity contribution in [2.75, 3.05) is 13.1 Å². The number of amides is 2. The number of hydrogen-bond donors (Lipinski definition) is 4. The van der Waals surface area contributed by atoms with Gasteiger partial charge in [-0.05, 0) is 50.6 Å². The summed E-state index contributed by atoms with van der Waals surface area (Å²) in [5.74, 6) is -1.79. The van der Waals surface area contributed by atoms with Crippen LogP contribution in [-0.2, 0) is 20.8 Å². The minimum atomic E-state index is -1.08. The normalized spacial score (nSPS) is 18.5. The number of nitrogens with two attached hydrogens (primary N) is 2. The molecule has 8 heteroatoms. The van der Waals surface area contributed by atoms with Gasteiger partial charge in [0.2, 0.25) is 11.8 Å². The molecule has 8 nitrogen and oxygen atoms in total. The molecule has 0 unspecified atom stereocenters. The largest absolute Gasteiger partial charge is 0.480 e. The van der Waals surface area contributed by atoms with Gasteiger partial charge in [-0.25, -0.2) is 4.79 Å². The predicted octanol–water partition coefficient (Wildman–Crippen LogP) is 0.246. The highest BCUT2D eigenvalue weighted by molar-refractivity contribution is 5.92. The lowest BCUT2D eigenvalue weighted by Crippen LogP contribution is -2.54. The van der Waals surface area contributed by atoms with Crippen molar-refractivity contribution < 1.29 is 19.5 Å². The Kier molecular flexibility index (Phi) is 8.41. The molecule has 3 atom stereocenters. The molecule has 2 rings (SSSR count). The number of unbranched alkanes of at least 4 members (excludes halogenated alkanes) is 1. The molecule has 0 aliphatic carbocycles. The number of nitrogens with zero attached hydrogens (tertiary/aromatic N) is 1. The summed E-state index contributed by atoms with van der Waals surface area (Å²) < 4.78 is 0. The molecule has 28 heavy (non-hydrogen) atoms. The maximum Gasteiger partial charge on any atom is 0.326 e. The van der Waals surface area contributed by atoms with Crippen LogP contribution in [0.4, 0.5) is 0 Å². The average molecular weight is 390 g/mol. The van der Waals surface area contributed by atoms with Crippen molar-refractivity contribution >= 4 is 17.8 Å². The third kappa shape index (κ3) is 6.03. The second kappa shape index (κ2) is 10.8. The smallest absolute Gasteiger partial charge is 0.326 e. The van der Waals surface area contributed by atoms with Crippen molar-refractivity contribution in [1.29, 1.82) is 0 Å². The lowest BCUT2D eigenvalue weighted by atomic mass is 10.0. The molecular weight excluding hydrogens is 360 g/mol. The number of rotatable bonds is 10. The summed E-state index contributed by atoms with van der Waals surface area (Å²) in [7, 11) is 0. The topological polar surface area (TPSA) is 139 Å². The highest BCUT2D eigenvalue weighted by Crippen LogP contribution is 2.19. The summed E-state index contributed by atoms with van der Waals surface area (Å²) in [6, 6.07) is 7.07. The molecular formula is C20H30N4O4. The molecule has 1 aliphatic heterocycles. The van der Waals surface area contributed by atoms with Crippen molar-refractivity contribution in [2.45, 2.75) is 56.7 Å². The quantitative estimate of drug-likeness (QED) is 0.422. The van der Waals surface area contributed by atoms with Crippen LogP contribution in [0.1, 0.15) is 37.7 Å². The van der Waals surface area contributed by atoms with E-state index in [9.17, 15) is 19.5 Å². The Hall–Kier alpha value is -2.45. The molecule has 154 valence electrons. The van der Waals surface area contributed by atoms with E-state index in [0.29, 0.717) is 51.6 Å². The van der Waals surface area contributed by atoms with Crippen LogP contribution in [0, 0.1) is 0 Å². The molecule has 1 aromatic rings. The van der Waals surface area contributed by atoms with E-state index in [1.54, 1.807) is 0 Å². The van der Waals surface area contributed by atoms with Crippen LogP contribution >= 0.6 is 0 Å². The predicted molar refractivity (Wildman–Crippen MR) is 105 cm³/mol. The Bertz CT molecular complexity index is 667. The number of aliphatic carboxylic acids is 1. The zero-order chi connectivity index (χ0) is 20.5. The summed E-state index contributed by atoms with van der Waals surface area (Å²) >= 11 is 0. The Morgan fingerprint density at radius 1 is 1.21 bits per heavy atom. The molecule has 6 N–H and O–H groups in total. The van der Waals surface area contributed by atoms with E-state index < -0.39 is 30.0 Å². The summed E-state index contributed by atoms with van der Waals surface area (Å²) in [5.41, 5.74) is 12.5. The second-order valence-corrected chi connectivity index (χ2v) is 7.17. The first-order valence-corrected chi connectivity index (χ1v) is 9.77. The van der Waals surface area contributed by atoms with E-state index in [-0.39, 0.29) is 5.91 Å². The Labute approximate surface area is 165 Å². The molecule has 1 aliphatic rings. The average Bonchev–Trinajstić information content (AvgIpc) is 3.17. The third-order valence-corrected chi connectivity index (χ3v) is 5.02. The van der Waals surface area contributed by atoms with Crippen LogP contribution < -0.4 is 16.8 Å². The Morgan fingerprint density at radius 2 is 1.93 bits per heavy atom. The monoisotopic (exact) mass is 390 g/mol. The van der Waals surface area contributed by atoms with E-state index in [2.05, 4.69) is 5.32 Å². The van der Waals surface area contributed by atoms with Crippen molar-refractivity contribution in [3.63, 3.8) is 0 Å². The number of carboxylic acid groups (broad SMARTS) is 1. The summed E-state index contributed by atoms with van der Waals surface area (Å²) in [6.07, 6.45) is 3.20. The molecule has 0 aromatic heterocycles. The van der Waals surface area contributed by atoms with Gasteiger partial charge in [-0.2, -0.15) is 0 Å². The molecule has 0 radical (unpaired) electrons. The van der Waals surface area contributed by atoms with E-state index in [1.807, 2.05) is 30.3 Å². The van der Waals surface area contributed by atoms with Crippen molar-refractivity contribution in [2.24, 2.45) is 11.5 Å². The molecule has 2 amide bonds. The van der Waals surface area contributed by atoms with Crippen LogP contribution in [0.2, 0.25) is 0 Å². The van der Waals surface area contributed by atoms with Gasteiger partial charge in [0.25, 0.3) is 0 Å². The van der Waals surface area contributed by atoms with Gasteiger partial charge in [-0.3, -0.25) is 9.59 Å². The van der Waals surface area contributed by atoms with Gasteiger partial charge in [0, 0.05) is 6.54 Å². The summed E-state index contributed by atoms with van der Waals surface area (Å²) in [6.45, 7) is 0.925. The molecule has 0 saturated carbocycles. The number of carbonyl (C=O) groups is 3. The third-order valence-electron chi connectivity index (χ3n) is 5.02. The second-order valence-electron chi connectivity index (χ2n) is 7.17. The van der Waals surface area contributed by atoms with Crippen molar-refractivity contribution in [3.8, 4) is 0 Å². The summed E-state index contributed by atoms with van der Waals surface area (Å²) in [4.78, 5) is 38.4. The molecule has 1 aromatic carbocycles. The molecule has 0 bridgehead atoms. The molecule has 1 saturated heterocycles. The van der Waals surface area contributed by atoms with Crippen LogP contribution in [0.5, 0.6) is 0 Å². The fourth-order valence-corrected chi connectivity index (χ4v) is 3.49. The van der Waals surface area contributed by atoms with Gasteiger partial charge in [0.05, 0.1) is 6.04 Å². The summed E-state index contributed by atoms with van der Waals surface area (Å²) in [5, 5.41) is 11.9. The van der Waals surface area contributed by atoms with E-state index in [4.69, 9.17) is 11.5 Å². The van der Waals surface area contributed by atoms with Gasteiger partial charge in [-0.1, -0.05) is 30.3 Å². The molecule has 1 heterocycles. The van der Waals surface area contributed by atoms with Gasteiger partial charge < -0.3 is 26.8 Å². The SMILES string of the molecule is NCCCC[C@H](NC(=O)[C@@H]1CCCN1C(=O)[C@@H](N)Cc1ccccc1)C(=O)O. The maximum atomic E-state index is 12.8. The Balaban J connectivity index is 1.97. The minimum absolute atomic E-state index is 0.281. The zero-order valence-corrected chi connectivity index (χ0v) is 16.0. The number of nitrogens with one attached hydrogen (secondary N) is 1. The van der Waals surface area contributed by atoms with Gasteiger partial charge in [0.1, 0.15) is 12.1 Å². The fraction of sp³-hybridized carbons (Fsp3) is 0.550. The Morgan fingerprint density at radius 3 is 2.57 bits per heavy atom. The van der Waals surface area contributed by atoms with Crippen LogP contribution in [0.15, 0.2) is 30.3 Å². The van der Waals surface area contributed by atoms with Gasteiger partial charge in [0.15, 0.2) is 0 Å². The van der Waals surface area contributed by atoms with Gasteiger partial charge in [-0.15, -0.1) is 0 Å². The standard InChI is InChI=1S/C20H30N4O4/c21-11-5-4-9-16(20(27)28)23-18(25)17-10-6-12-24(17)19(26)15(22)13-14-7-2-1-3-8-14/h1-3,7-8,15-17H,4-6,9-13,21-22H2,(H,23,25)(H,27,28)/t15-,16-,17-/m0/s1. The molecule has 0 spiro atoms. The van der Waals surface area contributed by atoms with Crippen LogP contribution in [0.25, 0.3) is 0 Å². The van der Waals surface area contributed by atoms with Gasteiger partial charge >= 0.3 is 5.97 Å². The molecule has 1 fully saturated rings. The number of benzene rings is 1.